The van der Waals surface area contributed by atoms with Crippen molar-refractivity contribution in [1.82, 2.24) is 15.0 Å². The van der Waals surface area contributed by atoms with Gasteiger partial charge < -0.3 is 14.8 Å². The van der Waals surface area contributed by atoms with Gasteiger partial charge in [-0.25, -0.2) is 9.97 Å². The minimum atomic E-state index is 0.385. The summed E-state index contributed by atoms with van der Waals surface area (Å²) in [5.74, 6) is 1.89. The van der Waals surface area contributed by atoms with Gasteiger partial charge in [-0.3, -0.25) is 0 Å². The number of hydrogen-bond acceptors (Lipinski definition) is 5. The molecule has 27 heavy (non-hydrogen) atoms. The van der Waals surface area contributed by atoms with E-state index in [1.54, 1.807) is 23.8 Å². The van der Waals surface area contributed by atoms with Crippen molar-refractivity contribution < 1.29 is 4.42 Å². The highest BCUT2D eigenvalue weighted by molar-refractivity contribution is 7.18. The lowest BCUT2D eigenvalue weighted by Crippen LogP contribution is -2.04. The predicted molar refractivity (Wildman–Crippen MR) is 112 cm³/mol. The number of allylic oxidation sites excluding steroid dienone is 2. The van der Waals surface area contributed by atoms with Gasteiger partial charge in [0.2, 0.25) is 5.89 Å². The zero-order valence-corrected chi connectivity index (χ0v) is 17.3. The molecule has 5 nitrogen and oxygen atoms in total. The SMILES string of the molecule is CCC(CC)/C(=C/C(C)=N)c1nc(-c2sc(-c3ncco3)cc2C)c(C)[nH]1. The van der Waals surface area contributed by atoms with Crippen LogP contribution in [0.2, 0.25) is 0 Å². The lowest BCUT2D eigenvalue weighted by atomic mass is 9.92. The van der Waals surface area contributed by atoms with Crippen molar-refractivity contribution in [2.24, 2.45) is 5.92 Å². The van der Waals surface area contributed by atoms with Gasteiger partial charge in [-0.2, -0.15) is 0 Å². The number of imidazole rings is 1. The lowest BCUT2D eigenvalue weighted by Gasteiger charge is -2.15. The zero-order valence-electron chi connectivity index (χ0n) is 16.5. The van der Waals surface area contributed by atoms with E-state index in [-0.39, 0.29) is 0 Å². The maximum Gasteiger partial charge on any atom is 0.236 e. The van der Waals surface area contributed by atoms with Crippen LogP contribution >= 0.6 is 11.3 Å². The number of H-pyrrole nitrogens is 1. The third-order valence-electron chi connectivity index (χ3n) is 4.73. The first-order chi connectivity index (χ1) is 12.9. The average molecular weight is 383 g/mol. The maximum atomic E-state index is 7.93. The van der Waals surface area contributed by atoms with E-state index in [9.17, 15) is 0 Å². The third kappa shape index (κ3) is 3.95. The minimum absolute atomic E-state index is 0.385. The standard InChI is InChI=1S/C21H26N4OS/c1-6-15(7-2)16(11-13(4)22)20-24-14(5)18(25-20)19-12(3)10-17(27-19)21-23-8-9-26-21/h8-11,15,22H,6-7H2,1-5H3,(H,24,25)/b16-11-,22-13?. The summed E-state index contributed by atoms with van der Waals surface area (Å²) in [5, 5.41) is 7.93. The molecule has 0 bridgehead atoms. The van der Waals surface area contributed by atoms with Gasteiger partial charge in [0.1, 0.15) is 17.8 Å². The van der Waals surface area contributed by atoms with Crippen molar-refractivity contribution in [3.63, 3.8) is 0 Å². The van der Waals surface area contributed by atoms with Crippen LogP contribution in [-0.2, 0) is 0 Å². The van der Waals surface area contributed by atoms with E-state index in [2.05, 4.69) is 43.7 Å². The Bertz CT molecular complexity index is 959. The number of rotatable bonds is 7. The minimum Gasteiger partial charge on any atom is -0.444 e. The van der Waals surface area contributed by atoms with Crippen molar-refractivity contribution in [2.75, 3.05) is 0 Å². The van der Waals surface area contributed by atoms with Gasteiger partial charge in [0, 0.05) is 11.4 Å². The molecule has 0 aliphatic carbocycles. The van der Waals surface area contributed by atoms with Gasteiger partial charge in [-0.05, 0) is 62.8 Å². The van der Waals surface area contributed by atoms with Crippen molar-refractivity contribution in [2.45, 2.75) is 47.5 Å². The van der Waals surface area contributed by atoms with Gasteiger partial charge in [0.15, 0.2) is 0 Å². The number of nitrogens with one attached hydrogen (secondary N) is 2. The van der Waals surface area contributed by atoms with E-state index in [0.717, 1.165) is 50.9 Å². The van der Waals surface area contributed by atoms with Gasteiger partial charge in [-0.1, -0.05) is 13.8 Å². The Labute approximate surface area is 164 Å². The molecule has 6 heteroatoms. The Hall–Kier alpha value is -2.47. The number of aryl methyl sites for hydroxylation is 2. The largest absolute Gasteiger partial charge is 0.444 e. The number of aromatic nitrogens is 3. The summed E-state index contributed by atoms with van der Waals surface area (Å²) in [6.07, 6.45) is 7.25. The monoisotopic (exact) mass is 382 g/mol. The van der Waals surface area contributed by atoms with E-state index in [1.165, 1.54) is 0 Å². The summed E-state index contributed by atoms with van der Waals surface area (Å²) in [4.78, 5) is 14.8. The molecule has 0 fully saturated rings. The number of thiophene rings is 1. The summed E-state index contributed by atoms with van der Waals surface area (Å²) < 4.78 is 5.44. The second-order valence-corrected chi connectivity index (χ2v) is 7.87. The van der Waals surface area contributed by atoms with E-state index in [4.69, 9.17) is 14.8 Å². The molecular formula is C21H26N4OS. The van der Waals surface area contributed by atoms with Crippen LogP contribution in [-0.4, -0.2) is 20.7 Å². The molecule has 2 N–H and O–H groups in total. The fourth-order valence-electron chi connectivity index (χ4n) is 3.33. The molecule has 0 spiro atoms. The van der Waals surface area contributed by atoms with E-state index in [0.29, 0.717) is 17.5 Å². The molecule has 0 saturated carbocycles. The molecule has 0 aromatic carbocycles. The topological polar surface area (TPSA) is 78.6 Å². The molecule has 3 heterocycles. The first-order valence-corrected chi connectivity index (χ1v) is 10.1. The van der Waals surface area contributed by atoms with Gasteiger partial charge >= 0.3 is 0 Å². The Morgan fingerprint density at radius 1 is 1.33 bits per heavy atom. The summed E-state index contributed by atoms with van der Waals surface area (Å²) in [7, 11) is 0. The number of nitrogens with zero attached hydrogens (tertiary/aromatic N) is 2. The molecule has 142 valence electrons. The second-order valence-electron chi connectivity index (χ2n) is 6.82. The van der Waals surface area contributed by atoms with Gasteiger partial charge in [0.25, 0.3) is 0 Å². The van der Waals surface area contributed by atoms with Crippen LogP contribution in [0.15, 0.2) is 29.0 Å². The van der Waals surface area contributed by atoms with E-state index in [1.807, 2.05) is 13.0 Å². The van der Waals surface area contributed by atoms with Gasteiger partial charge in [-0.15, -0.1) is 11.3 Å². The third-order valence-corrected chi connectivity index (χ3v) is 5.96. The molecule has 0 unspecified atom stereocenters. The normalized spacial score (nSPS) is 12.1. The summed E-state index contributed by atoms with van der Waals surface area (Å²) in [6.45, 7) is 10.3. The Balaban J connectivity index is 2.05. The number of aromatic amines is 1. The highest BCUT2D eigenvalue weighted by Gasteiger charge is 2.21. The van der Waals surface area contributed by atoms with Crippen LogP contribution in [0.5, 0.6) is 0 Å². The van der Waals surface area contributed by atoms with Crippen LogP contribution in [0.25, 0.3) is 26.9 Å². The summed E-state index contributed by atoms with van der Waals surface area (Å²) in [5.41, 5.74) is 4.82. The second kappa shape index (κ2) is 8.05. The molecule has 0 saturated heterocycles. The molecule has 0 aliphatic rings. The van der Waals surface area contributed by atoms with E-state index >= 15 is 0 Å². The highest BCUT2D eigenvalue weighted by atomic mass is 32.1. The molecule has 0 aliphatic heterocycles. The first kappa shape index (κ1) is 19.3. The van der Waals surface area contributed by atoms with E-state index < -0.39 is 0 Å². The summed E-state index contributed by atoms with van der Waals surface area (Å²) >= 11 is 1.64. The average Bonchev–Trinajstić information content (AvgIpc) is 3.34. The van der Waals surface area contributed by atoms with Crippen LogP contribution < -0.4 is 0 Å². The highest BCUT2D eigenvalue weighted by Crippen LogP contribution is 2.39. The fraction of sp³-hybridized carbons (Fsp3) is 0.381. The smallest absolute Gasteiger partial charge is 0.236 e. The maximum absolute atomic E-state index is 7.93. The summed E-state index contributed by atoms with van der Waals surface area (Å²) in [6, 6.07) is 2.10. The van der Waals surface area contributed by atoms with Crippen LogP contribution in [0.3, 0.4) is 0 Å². The van der Waals surface area contributed by atoms with Crippen LogP contribution in [0.1, 0.15) is 50.7 Å². The Kier molecular flexibility index (Phi) is 5.75. The van der Waals surface area contributed by atoms with Crippen molar-refractivity contribution in [3.8, 4) is 21.3 Å². The zero-order chi connectivity index (χ0) is 19.6. The van der Waals surface area contributed by atoms with Crippen LogP contribution in [0, 0.1) is 25.2 Å². The van der Waals surface area contributed by atoms with Crippen molar-refractivity contribution >= 4 is 22.6 Å². The van der Waals surface area contributed by atoms with Gasteiger partial charge in [0.05, 0.1) is 16.0 Å². The molecule has 0 atom stereocenters. The molecule has 3 aromatic rings. The molecule has 3 rings (SSSR count). The first-order valence-electron chi connectivity index (χ1n) is 9.28. The quantitative estimate of drug-likeness (QED) is 0.473. The molecule has 0 radical (unpaired) electrons. The Morgan fingerprint density at radius 3 is 2.67 bits per heavy atom. The van der Waals surface area contributed by atoms with Crippen LogP contribution in [0.4, 0.5) is 0 Å². The van der Waals surface area contributed by atoms with Crippen molar-refractivity contribution in [3.05, 3.63) is 41.7 Å². The number of hydrogen-bond donors (Lipinski definition) is 2. The Morgan fingerprint density at radius 2 is 2.07 bits per heavy atom. The molecule has 3 aromatic heterocycles. The fourth-order valence-corrected chi connectivity index (χ4v) is 4.49. The van der Waals surface area contributed by atoms with Crippen molar-refractivity contribution in [1.29, 1.82) is 5.41 Å². The molecule has 0 amide bonds. The predicted octanol–water partition coefficient (Wildman–Crippen LogP) is 6.27. The lowest BCUT2D eigenvalue weighted by molar-refractivity contribution is 0.576. The number of oxazole rings is 1. The molecular weight excluding hydrogens is 356 g/mol.